The monoisotopic (exact) mass is 266 g/mol. The molecule has 2 unspecified atom stereocenters. The number of alkyl carbamates (subject to hydrolysis) is 1. The minimum absolute atomic E-state index is 0.111. The first-order valence-electron chi connectivity index (χ1n) is 6.90. The Morgan fingerprint density at radius 2 is 2.00 bits per heavy atom. The van der Waals surface area contributed by atoms with Gasteiger partial charge in [-0.2, -0.15) is 5.26 Å². The fraction of sp³-hybridized carbons (Fsp3) is 0.867. The normalized spacial score (nSPS) is 29.6. The Morgan fingerprint density at radius 1 is 1.42 bits per heavy atom. The second kappa shape index (κ2) is 5.03. The van der Waals surface area contributed by atoms with Crippen LogP contribution in [0.5, 0.6) is 0 Å². The van der Waals surface area contributed by atoms with Crippen LogP contribution in [0.15, 0.2) is 0 Å². The third-order valence-electron chi connectivity index (χ3n) is 4.55. The first kappa shape index (κ1) is 15.8. The highest BCUT2D eigenvalue weighted by molar-refractivity contribution is 5.69. The molecule has 0 heterocycles. The van der Waals surface area contributed by atoms with Gasteiger partial charge in [-0.1, -0.05) is 13.8 Å². The minimum atomic E-state index is -0.491. The van der Waals surface area contributed by atoms with Crippen LogP contribution >= 0.6 is 0 Å². The molecule has 0 radical (unpaired) electrons. The standard InChI is InChI=1S/C15H26N2O2/c1-13(2,3)19-12(18)17-15(6)9-7-11(8-10-16)14(15,4)5/h11H,7-9H2,1-6H3,(H,17,18). The van der Waals surface area contributed by atoms with Crippen LogP contribution in [-0.2, 0) is 4.74 Å². The van der Waals surface area contributed by atoms with Crippen LogP contribution < -0.4 is 5.32 Å². The van der Waals surface area contributed by atoms with Crippen molar-refractivity contribution in [2.75, 3.05) is 0 Å². The van der Waals surface area contributed by atoms with Crippen molar-refractivity contribution in [2.45, 2.75) is 71.9 Å². The number of nitrogens with one attached hydrogen (secondary N) is 1. The number of amides is 1. The van der Waals surface area contributed by atoms with E-state index in [4.69, 9.17) is 10.00 Å². The highest BCUT2D eigenvalue weighted by Crippen LogP contribution is 2.51. The highest BCUT2D eigenvalue weighted by atomic mass is 16.6. The highest BCUT2D eigenvalue weighted by Gasteiger charge is 2.52. The molecule has 1 saturated carbocycles. The molecule has 0 aliphatic heterocycles. The number of hydrogen-bond acceptors (Lipinski definition) is 3. The second-order valence-electron chi connectivity index (χ2n) is 7.28. The van der Waals surface area contributed by atoms with Gasteiger partial charge in [0.2, 0.25) is 0 Å². The number of carbonyl (C=O) groups is 1. The Balaban J connectivity index is 2.77. The molecule has 4 heteroatoms. The number of nitriles is 1. The average Bonchev–Trinajstić information content (AvgIpc) is 2.39. The van der Waals surface area contributed by atoms with Crippen LogP contribution in [0, 0.1) is 22.7 Å². The molecular formula is C15H26N2O2. The maximum atomic E-state index is 12.0. The van der Waals surface area contributed by atoms with Crippen molar-refractivity contribution >= 4 is 6.09 Å². The van der Waals surface area contributed by atoms with Gasteiger partial charge in [-0.3, -0.25) is 0 Å². The number of carbonyl (C=O) groups excluding carboxylic acids is 1. The van der Waals surface area contributed by atoms with E-state index in [9.17, 15) is 4.79 Å². The second-order valence-corrected chi connectivity index (χ2v) is 7.28. The van der Waals surface area contributed by atoms with Gasteiger partial charge in [0.25, 0.3) is 0 Å². The SMILES string of the molecule is CC(C)(C)OC(=O)NC1(C)CCC(CC#N)C1(C)C. The van der Waals surface area contributed by atoms with Gasteiger partial charge in [0.1, 0.15) is 5.60 Å². The van der Waals surface area contributed by atoms with E-state index in [1.807, 2.05) is 27.7 Å². The van der Waals surface area contributed by atoms with E-state index in [1.54, 1.807) is 0 Å². The van der Waals surface area contributed by atoms with Gasteiger partial charge in [0.15, 0.2) is 0 Å². The lowest BCUT2D eigenvalue weighted by atomic mass is 9.70. The van der Waals surface area contributed by atoms with E-state index in [1.165, 1.54) is 0 Å². The predicted molar refractivity (Wildman–Crippen MR) is 74.5 cm³/mol. The van der Waals surface area contributed by atoms with Gasteiger partial charge < -0.3 is 10.1 Å². The van der Waals surface area contributed by atoms with Gasteiger partial charge in [-0.05, 0) is 51.9 Å². The van der Waals surface area contributed by atoms with Crippen LogP contribution in [0.2, 0.25) is 0 Å². The van der Waals surface area contributed by atoms with Crippen LogP contribution in [-0.4, -0.2) is 17.2 Å². The zero-order valence-electron chi connectivity index (χ0n) is 13.0. The summed E-state index contributed by atoms with van der Waals surface area (Å²) in [6, 6.07) is 2.25. The molecule has 1 rings (SSSR count). The molecule has 0 aromatic carbocycles. The topological polar surface area (TPSA) is 62.1 Å². The third kappa shape index (κ3) is 3.40. The molecule has 1 fully saturated rings. The van der Waals surface area contributed by atoms with Crippen LogP contribution in [0.1, 0.15) is 60.8 Å². The summed E-state index contributed by atoms with van der Waals surface area (Å²) in [6.07, 6.45) is 2.01. The van der Waals surface area contributed by atoms with Crippen molar-refractivity contribution in [3.8, 4) is 6.07 Å². The van der Waals surface area contributed by atoms with Crippen molar-refractivity contribution in [3.63, 3.8) is 0 Å². The molecule has 0 bridgehead atoms. The summed E-state index contributed by atoms with van der Waals surface area (Å²) in [4.78, 5) is 12.0. The summed E-state index contributed by atoms with van der Waals surface area (Å²) in [5, 5.41) is 11.9. The number of ether oxygens (including phenoxy) is 1. The molecule has 0 aromatic rings. The van der Waals surface area contributed by atoms with Crippen molar-refractivity contribution in [1.29, 1.82) is 5.26 Å². The molecule has 0 saturated heterocycles. The molecule has 4 nitrogen and oxygen atoms in total. The summed E-state index contributed by atoms with van der Waals surface area (Å²) in [5.74, 6) is 0.317. The fourth-order valence-corrected chi connectivity index (χ4v) is 2.82. The smallest absolute Gasteiger partial charge is 0.408 e. The molecule has 2 atom stereocenters. The molecule has 1 N–H and O–H groups in total. The Kier molecular flexibility index (Phi) is 4.19. The third-order valence-corrected chi connectivity index (χ3v) is 4.55. The molecule has 1 aliphatic rings. The summed E-state index contributed by atoms with van der Waals surface area (Å²) in [6.45, 7) is 11.9. The number of rotatable bonds is 2. The maximum Gasteiger partial charge on any atom is 0.408 e. The molecule has 0 aromatic heterocycles. The molecule has 1 aliphatic carbocycles. The fourth-order valence-electron chi connectivity index (χ4n) is 2.82. The Hall–Kier alpha value is -1.24. The molecule has 19 heavy (non-hydrogen) atoms. The first-order valence-corrected chi connectivity index (χ1v) is 6.90. The Labute approximate surface area is 116 Å². The van der Waals surface area contributed by atoms with Crippen molar-refractivity contribution in [1.82, 2.24) is 5.32 Å². The molecule has 108 valence electrons. The van der Waals surface area contributed by atoms with Gasteiger partial charge in [0.05, 0.1) is 6.07 Å². The Bertz CT molecular complexity index is 390. The molecule has 0 spiro atoms. The van der Waals surface area contributed by atoms with Crippen LogP contribution in [0.3, 0.4) is 0 Å². The summed E-state index contributed by atoms with van der Waals surface area (Å²) in [7, 11) is 0. The van der Waals surface area contributed by atoms with Crippen LogP contribution in [0.25, 0.3) is 0 Å². The van der Waals surface area contributed by atoms with Crippen LogP contribution in [0.4, 0.5) is 4.79 Å². The lowest BCUT2D eigenvalue weighted by molar-refractivity contribution is 0.0352. The summed E-state index contributed by atoms with van der Waals surface area (Å²) < 4.78 is 5.34. The predicted octanol–water partition coefficient (Wildman–Crippen LogP) is 3.62. The van der Waals surface area contributed by atoms with Gasteiger partial charge >= 0.3 is 6.09 Å². The van der Waals surface area contributed by atoms with E-state index < -0.39 is 5.60 Å². The van der Waals surface area contributed by atoms with E-state index in [0.29, 0.717) is 12.3 Å². The lowest BCUT2D eigenvalue weighted by Gasteiger charge is -2.42. The molecular weight excluding hydrogens is 240 g/mol. The number of hydrogen-bond donors (Lipinski definition) is 1. The van der Waals surface area contributed by atoms with E-state index in [2.05, 4.69) is 25.2 Å². The largest absolute Gasteiger partial charge is 0.444 e. The van der Waals surface area contributed by atoms with E-state index in [-0.39, 0.29) is 17.0 Å². The van der Waals surface area contributed by atoms with Crippen molar-refractivity contribution in [3.05, 3.63) is 0 Å². The quantitative estimate of drug-likeness (QED) is 0.830. The van der Waals surface area contributed by atoms with Gasteiger partial charge in [0, 0.05) is 12.0 Å². The van der Waals surface area contributed by atoms with E-state index >= 15 is 0 Å². The number of nitrogens with zero attached hydrogens (tertiary/aromatic N) is 1. The van der Waals surface area contributed by atoms with Crippen molar-refractivity contribution in [2.24, 2.45) is 11.3 Å². The first-order chi connectivity index (χ1) is 8.52. The average molecular weight is 266 g/mol. The zero-order chi connectivity index (χ0) is 14.9. The maximum absolute atomic E-state index is 12.0. The Morgan fingerprint density at radius 3 is 2.47 bits per heavy atom. The van der Waals surface area contributed by atoms with Gasteiger partial charge in [-0.25, -0.2) is 4.79 Å². The summed E-state index contributed by atoms with van der Waals surface area (Å²) in [5.41, 5.74) is -0.925. The zero-order valence-corrected chi connectivity index (χ0v) is 13.0. The minimum Gasteiger partial charge on any atom is -0.444 e. The summed E-state index contributed by atoms with van der Waals surface area (Å²) >= 11 is 0. The van der Waals surface area contributed by atoms with E-state index in [0.717, 1.165) is 12.8 Å². The van der Waals surface area contributed by atoms with Crippen molar-refractivity contribution < 1.29 is 9.53 Å². The van der Waals surface area contributed by atoms with Gasteiger partial charge in [-0.15, -0.1) is 0 Å². The molecule has 1 amide bonds. The lowest BCUT2D eigenvalue weighted by Crippen LogP contribution is -2.55.